The number of carbonyl (C=O) groups is 2. The number of amides is 2. The van der Waals surface area contributed by atoms with Gasteiger partial charge >= 0.3 is 0 Å². The van der Waals surface area contributed by atoms with Crippen LogP contribution in [0.2, 0.25) is 0 Å². The SMILES string of the molecule is CC(C)n1cc(NC(=O)C2CSCN2C(=O)CC(C)(C)C)cn1. The van der Waals surface area contributed by atoms with Crippen molar-refractivity contribution in [1.82, 2.24) is 14.7 Å². The second-order valence-corrected chi connectivity index (χ2v) is 8.41. The molecule has 0 spiro atoms. The Morgan fingerprint density at radius 1 is 1.43 bits per heavy atom. The molecule has 1 saturated heterocycles. The van der Waals surface area contributed by atoms with E-state index in [-0.39, 0.29) is 23.3 Å². The highest BCUT2D eigenvalue weighted by atomic mass is 32.2. The molecule has 1 aliphatic rings. The van der Waals surface area contributed by atoms with Crippen molar-refractivity contribution in [3.05, 3.63) is 12.4 Å². The summed E-state index contributed by atoms with van der Waals surface area (Å²) >= 11 is 1.62. The van der Waals surface area contributed by atoms with Gasteiger partial charge in [-0.15, -0.1) is 11.8 Å². The number of nitrogens with zero attached hydrogens (tertiary/aromatic N) is 3. The molecule has 1 atom stereocenters. The van der Waals surface area contributed by atoms with Crippen molar-refractivity contribution in [2.45, 2.75) is 53.1 Å². The standard InChI is InChI=1S/C16H26N4O2S/c1-11(2)20-8-12(7-17-20)18-15(22)13-9-23-10-19(13)14(21)6-16(3,4)5/h7-8,11,13H,6,9-10H2,1-5H3,(H,18,22). The minimum absolute atomic E-state index is 0.0422. The van der Waals surface area contributed by atoms with Crippen LogP contribution in [0.5, 0.6) is 0 Å². The molecule has 2 amide bonds. The van der Waals surface area contributed by atoms with Crippen LogP contribution in [0.1, 0.15) is 47.1 Å². The summed E-state index contributed by atoms with van der Waals surface area (Å²) in [7, 11) is 0. The predicted octanol–water partition coefficient (Wildman–Crippen LogP) is 2.74. The molecule has 0 radical (unpaired) electrons. The Morgan fingerprint density at radius 3 is 2.70 bits per heavy atom. The van der Waals surface area contributed by atoms with Crippen LogP contribution in [0, 0.1) is 5.41 Å². The molecule has 128 valence electrons. The van der Waals surface area contributed by atoms with Gasteiger partial charge in [-0.2, -0.15) is 5.10 Å². The Balaban J connectivity index is 2.01. The fourth-order valence-corrected chi connectivity index (χ4v) is 3.55. The molecule has 1 fully saturated rings. The largest absolute Gasteiger partial charge is 0.322 e. The molecule has 0 saturated carbocycles. The molecule has 1 aromatic heterocycles. The number of hydrogen-bond acceptors (Lipinski definition) is 4. The summed E-state index contributed by atoms with van der Waals surface area (Å²) in [5.41, 5.74) is 0.591. The molecule has 1 N–H and O–H groups in total. The number of nitrogens with one attached hydrogen (secondary N) is 1. The quantitative estimate of drug-likeness (QED) is 0.916. The van der Waals surface area contributed by atoms with E-state index in [0.29, 0.717) is 23.7 Å². The zero-order chi connectivity index (χ0) is 17.2. The number of carbonyl (C=O) groups excluding carboxylic acids is 2. The second kappa shape index (κ2) is 6.95. The first-order valence-corrected chi connectivity index (χ1v) is 9.05. The van der Waals surface area contributed by atoms with Crippen molar-refractivity contribution in [2.24, 2.45) is 5.41 Å². The number of anilines is 1. The van der Waals surface area contributed by atoms with Crippen molar-refractivity contribution in [2.75, 3.05) is 16.9 Å². The van der Waals surface area contributed by atoms with Crippen molar-refractivity contribution in [3.8, 4) is 0 Å². The molecule has 1 aromatic rings. The highest BCUT2D eigenvalue weighted by Crippen LogP contribution is 2.27. The lowest BCUT2D eigenvalue weighted by Gasteiger charge is -2.26. The first-order chi connectivity index (χ1) is 10.7. The maximum absolute atomic E-state index is 12.5. The van der Waals surface area contributed by atoms with Gasteiger partial charge < -0.3 is 10.2 Å². The third-order valence-electron chi connectivity index (χ3n) is 3.58. The van der Waals surface area contributed by atoms with Gasteiger partial charge in [0.15, 0.2) is 0 Å². The van der Waals surface area contributed by atoms with E-state index < -0.39 is 6.04 Å². The average molecular weight is 338 g/mol. The molecule has 6 nitrogen and oxygen atoms in total. The normalized spacial score (nSPS) is 18.5. The Labute approximate surface area is 142 Å². The average Bonchev–Trinajstić information content (AvgIpc) is 3.04. The van der Waals surface area contributed by atoms with Crippen molar-refractivity contribution in [1.29, 1.82) is 0 Å². The molecular formula is C16H26N4O2S. The maximum atomic E-state index is 12.5. The summed E-state index contributed by atoms with van der Waals surface area (Å²) in [4.78, 5) is 26.6. The van der Waals surface area contributed by atoms with Crippen LogP contribution in [0.25, 0.3) is 0 Å². The molecule has 0 aliphatic carbocycles. The summed E-state index contributed by atoms with van der Waals surface area (Å²) in [5.74, 6) is 1.12. The molecule has 0 aromatic carbocycles. The predicted molar refractivity (Wildman–Crippen MR) is 93.3 cm³/mol. The van der Waals surface area contributed by atoms with Gasteiger partial charge in [0.25, 0.3) is 0 Å². The Hall–Kier alpha value is -1.50. The van der Waals surface area contributed by atoms with Gasteiger partial charge in [0, 0.05) is 24.4 Å². The lowest BCUT2D eigenvalue weighted by atomic mass is 9.91. The van der Waals surface area contributed by atoms with E-state index in [1.54, 1.807) is 27.5 Å². The highest BCUT2D eigenvalue weighted by molar-refractivity contribution is 7.99. The van der Waals surface area contributed by atoms with Crippen molar-refractivity contribution >= 4 is 29.3 Å². The fourth-order valence-electron chi connectivity index (χ4n) is 2.37. The van der Waals surface area contributed by atoms with E-state index in [1.807, 2.05) is 40.8 Å². The van der Waals surface area contributed by atoms with Gasteiger partial charge in [0.05, 0.1) is 17.8 Å². The second-order valence-electron chi connectivity index (χ2n) is 7.41. The molecule has 1 unspecified atom stereocenters. The first kappa shape index (κ1) is 17.8. The van der Waals surface area contributed by atoms with E-state index in [9.17, 15) is 9.59 Å². The van der Waals surface area contributed by atoms with E-state index in [1.165, 1.54) is 0 Å². The third-order valence-corrected chi connectivity index (χ3v) is 4.60. The van der Waals surface area contributed by atoms with E-state index >= 15 is 0 Å². The molecular weight excluding hydrogens is 312 g/mol. The van der Waals surface area contributed by atoms with Crippen LogP contribution in [-0.2, 0) is 9.59 Å². The monoisotopic (exact) mass is 338 g/mol. The summed E-state index contributed by atoms with van der Waals surface area (Å²) in [6.45, 7) is 10.1. The van der Waals surface area contributed by atoms with Crippen LogP contribution >= 0.6 is 11.8 Å². The van der Waals surface area contributed by atoms with E-state index in [4.69, 9.17) is 0 Å². The number of aromatic nitrogens is 2. The summed E-state index contributed by atoms with van der Waals surface area (Å²) in [5, 5.41) is 7.09. The lowest BCUT2D eigenvalue weighted by molar-refractivity contribution is -0.137. The summed E-state index contributed by atoms with van der Waals surface area (Å²) < 4.78 is 1.79. The van der Waals surface area contributed by atoms with Gasteiger partial charge in [-0.3, -0.25) is 14.3 Å². The van der Waals surface area contributed by atoms with Gasteiger partial charge in [-0.05, 0) is 19.3 Å². The Kier molecular flexibility index (Phi) is 5.39. The van der Waals surface area contributed by atoms with E-state index in [0.717, 1.165) is 0 Å². The minimum Gasteiger partial charge on any atom is -0.322 e. The van der Waals surface area contributed by atoms with Crippen molar-refractivity contribution < 1.29 is 9.59 Å². The first-order valence-electron chi connectivity index (χ1n) is 7.89. The molecule has 2 heterocycles. The third kappa shape index (κ3) is 4.73. The molecule has 1 aliphatic heterocycles. The molecule has 7 heteroatoms. The molecule has 23 heavy (non-hydrogen) atoms. The van der Waals surface area contributed by atoms with Gasteiger partial charge in [0.2, 0.25) is 11.8 Å². The molecule has 2 rings (SSSR count). The smallest absolute Gasteiger partial charge is 0.248 e. The minimum atomic E-state index is -0.405. The zero-order valence-electron chi connectivity index (χ0n) is 14.5. The van der Waals surface area contributed by atoms with Crippen LogP contribution in [0.4, 0.5) is 5.69 Å². The summed E-state index contributed by atoms with van der Waals surface area (Å²) in [6.07, 6.45) is 3.90. The number of thioether (sulfide) groups is 1. The van der Waals surface area contributed by atoms with Crippen molar-refractivity contribution in [3.63, 3.8) is 0 Å². The highest BCUT2D eigenvalue weighted by Gasteiger charge is 2.35. The van der Waals surface area contributed by atoms with Gasteiger partial charge in [-0.1, -0.05) is 20.8 Å². The topological polar surface area (TPSA) is 67.2 Å². The van der Waals surface area contributed by atoms with Crippen LogP contribution < -0.4 is 5.32 Å². The Bertz CT molecular complexity index is 577. The Morgan fingerprint density at radius 2 is 2.13 bits per heavy atom. The van der Waals surface area contributed by atoms with Crippen LogP contribution in [0.3, 0.4) is 0 Å². The maximum Gasteiger partial charge on any atom is 0.248 e. The zero-order valence-corrected chi connectivity index (χ0v) is 15.3. The fraction of sp³-hybridized carbons (Fsp3) is 0.688. The number of hydrogen-bond donors (Lipinski definition) is 1. The number of rotatable bonds is 4. The van der Waals surface area contributed by atoms with Gasteiger partial charge in [0.1, 0.15) is 6.04 Å². The summed E-state index contributed by atoms with van der Waals surface area (Å²) in [6, 6.07) is -0.162. The van der Waals surface area contributed by atoms with Gasteiger partial charge in [-0.25, -0.2) is 0 Å². The van der Waals surface area contributed by atoms with Crippen LogP contribution in [0.15, 0.2) is 12.4 Å². The van der Waals surface area contributed by atoms with E-state index in [2.05, 4.69) is 10.4 Å². The molecule has 0 bridgehead atoms. The lowest BCUT2D eigenvalue weighted by Crippen LogP contribution is -2.45. The van der Waals surface area contributed by atoms with Crippen LogP contribution in [-0.4, -0.2) is 44.2 Å².